The number of ketones is 1. The van der Waals surface area contributed by atoms with Crippen molar-refractivity contribution >= 4 is 39.4 Å². The molecular weight excluding hydrogens is 452 g/mol. The first-order valence-electron chi connectivity index (χ1n) is 10.9. The van der Waals surface area contributed by atoms with Gasteiger partial charge in [0.25, 0.3) is 0 Å². The maximum absolute atomic E-state index is 13.3. The highest BCUT2D eigenvalue weighted by molar-refractivity contribution is 9.09. The van der Waals surface area contributed by atoms with Crippen molar-refractivity contribution in [2.75, 3.05) is 19.0 Å². The summed E-state index contributed by atoms with van der Waals surface area (Å²) in [7, 11) is 3.99. The Morgan fingerprint density at radius 2 is 1.77 bits per heavy atom. The van der Waals surface area contributed by atoms with Crippen molar-refractivity contribution in [3.05, 3.63) is 71.8 Å². The highest BCUT2D eigenvalue weighted by Crippen LogP contribution is 2.45. The molecule has 5 unspecified atom stereocenters. The van der Waals surface area contributed by atoms with Gasteiger partial charge in [0.05, 0.1) is 0 Å². The highest BCUT2D eigenvalue weighted by atomic mass is 79.9. The maximum atomic E-state index is 13.3. The molecule has 1 heterocycles. The van der Waals surface area contributed by atoms with Gasteiger partial charge in [-0.25, -0.2) is 0 Å². The Morgan fingerprint density at radius 3 is 2.45 bits per heavy atom. The van der Waals surface area contributed by atoms with Crippen LogP contribution in [0.3, 0.4) is 0 Å². The summed E-state index contributed by atoms with van der Waals surface area (Å²) in [6, 6.07) is 18.2. The Hall–Kier alpha value is -2.40. The van der Waals surface area contributed by atoms with Crippen LogP contribution in [0.4, 0.5) is 5.69 Å². The summed E-state index contributed by atoms with van der Waals surface area (Å²) in [5, 5.41) is 3.17. The molecule has 0 bridgehead atoms. The average molecular weight is 481 g/mol. The summed E-state index contributed by atoms with van der Waals surface area (Å²) < 4.78 is 0. The van der Waals surface area contributed by atoms with E-state index in [4.69, 9.17) is 0 Å². The van der Waals surface area contributed by atoms with Crippen LogP contribution >= 0.6 is 15.9 Å². The number of hydrogen-bond donors (Lipinski definition) is 1. The molecule has 31 heavy (non-hydrogen) atoms. The number of amides is 1. The zero-order chi connectivity index (χ0) is 22.0. The highest BCUT2D eigenvalue weighted by Gasteiger charge is 2.48. The first kappa shape index (κ1) is 21.8. The van der Waals surface area contributed by atoms with Crippen LogP contribution in [0, 0.1) is 11.8 Å². The van der Waals surface area contributed by atoms with Crippen LogP contribution in [0.2, 0.25) is 0 Å². The van der Waals surface area contributed by atoms with Crippen molar-refractivity contribution in [1.82, 2.24) is 5.32 Å². The number of carbonyl (C=O) groups is 2. The second-order valence-corrected chi connectivity index (χ2v) is 10.1. The minimum atomic E-state index is -0.696. The van der Waals surface area contributed by atoms with Gasteiger partial charge < -0.3 is 10.2 Å². The third-order valence-corrected chi connectivity index (χ3v) is 7.44. The summed E-state index contributed by atoms with van der Waals surface area (Å²) in [4.78, 5) is 28.9. The van der Waals surface area contributed by atoms with E-state index in [9.17, 15) is 9.59 Å². The molecule has 1 saturated heterocycles. The molecule has 0 spiro atoms. The molecule has 1 saturated carbocycles. The fourth-order valence-electron chi connectivity index (χ4n) is 5.00. The molecule has 0 aromatic heterocycles. The van der Waals surface area contributed by atoms with Crippen LogP contribution in [0.15, 0.2) is 60.7 Å². The number of nitrogens with one attached hydrogen (secondary N) is 1. The quantitative estimate of drug-likeness (QED) is 0.379. The van der Waals surface area contributed by atoms with E-state index in [1.807, 2.05) is 67.5 Å². The SMILES string of the molecule is CN(C)c1ccc(/C=C/C(=O)C2C(=O)NC3CCC(Br)CC3C2c2ccccc2)cc1. The molecule has 4 nitrogen and oxygen atoms in total. The van der Waals surface area contributed by atoms with Crippen LogP contribution in [-0.4, -0.2) is 36.7 Å². The molecule has 2 aliphatic rings. The molecule has 2 fully saturated rings. The minimum Gasteiger partial charge on any atom is -0.378 e. The molecular formula is C26H29BrN2O2. The molecule has 1 amide bonds. The Balaban J connectivity index is 1.62. The number of halogens is 1. The predicted molar refractivity (Wildman–Crippen MR) is 129 cm³/mol. The summed E-state index contributed by atoms with van der Waals surface area (Å²) >= 11 is 3.78. The fraction of sp³-hybridized carbons (Fsp3) is 0.385. The summed E-state index contributed by atoms with van der Waals surface area (Å²) in [6.07, 6.45) is 6.36. The number of alkyl halides is 1. The van der Waals surface area contributed by atoms with E-state index in [-0.39, 0.29) is 29.6 Å². The third-order valence-electron chi connectivity index (χ3n) is 6.61. The molecule has 1 aliphatic heterocycles. The molecule has 0 radical (unpaired) electrons. The first-order chi connectivity index (χ1) is 14.9. The zero-order valence-electron chi connectivity index (χ0n) is 18.0. The number of rotatable bonds is 5. The lowest BCUT2D eigenvalue weighted by molar-refractivity contribution is -0.137. The number of benzene rings is 2. The van der Waals surface area contributed by atoms with Gasteiger partial charge in [0.1, 0.15) is 5.92 Å². The van der Waals surface area contributed by atoms with Crippen molar-refractivity contribution in [3.8, 4) is 0 Å². The number of carbonyl (C=O) groups excluding carboxylic acids is 2. The van der Waals surface area contributed by atoms with Crippen LogP contribution in [0.1, 0.15) is 36.3 Å². The normalized spacial score (nSPS) is 28.1. The van der Waals surface area contributed by atoms with Crippen molar-refractivity contribution in [2.45, 2.75) is 36.0 Å². The topological polar surface area (TPSA) is 49.4 Å². The van der Waals surface area contributed by atoms with Gasteiger partial charge >= 0.3 is 0 Å². The molecule has 2 aromatic rings. The largest absolute Gasteiger partial charge is 0.378 e. The van der Waals surface area contributed by atoms with Crippen molar-refractivity contribution in [3.63, 3.8) is 0 Å². The summed E-state index contributed by atoms with van der Waals surface area (Å²) in [5.41, 5.74) is 3.13. The van der Waals surface area contributed by atoms with E-state index < -0.39 is 5.92 Å². The van der Waals surface area contributed by atoms with Crippen LogP contribution in [0.25, 0.3) is 6.08 Å². The third kappa shape index (κ3) is 4.77. The van der Waals surface area contributed by atoms with Gasteiger partial charge in [-0.1, -0.05) is 64.5 Å². The smallest absolute Gasteiger partial charge is 0.231 e. The van der Waals surface area contributed by atoms with E-state index in [2.05, 4.69) is 33.4 Å². The number of fused-ring (bicyclic) bond motifs is 1. The van der Waals surface area contributed by atoms with E-state index in [0.717, 1.165) is 36.1 Å². The standard InChI is InChI=1S/C26H29BrN2O2/c1-29(2)20-12-8-17(9-13-20)10-15-23(30)25-24(18-6-4-3-5-7-18)21-16-19(27)11-14-22(21)28-26(25)31/h3-10,12-13,15,19,21-22,24-25H,11,14,16H2,1-2H3,(H,28,31)/b15-10+. The van der Waals surface area contributed by atoms with Gasteiger partial charge in [-0.15, -0.1) is 0 Å². The zero-order valence-corrected chi connectivity index (χ0v) is 19.6. The van der Waals surface area contributed by atoms with Gasteiger partial charge in [0.15, 0.2) is 5.78 Å². The average Bonchev–Trinajstić information content (AvgIpc) is 2.77. The van der Waals surface area contributed by atoms with Crippen LogP contribution < -0.4 is 10.2 Å². The molecule has 4 rings (SSSR count). The van der Waals surface area contributed by atoms with Crippen LogP contribution in [0.5, 0.6) is 0 Å². The van der Waals surface area contributed by atoms with E-state index in [1.54, 1.807) is 6.08 Å². The first-order valence-corrected chi connectivity index (χ1v) is 11.8. The summed E-state index contributed by atoms with van der Waals surface area (Å²) in [6.45, 7) is 0. The van der Waals surface area contributed by atoms with Gasteiger partial charge in [-0.05, 0) is 54.5 Å². The van der Waals surface area contributed by atoms with E-state index in [1.165, 1.54) is 0 Å². The Labute approximate surface area is 192 Å². The lowest BCUT2D eigenvalue weighted by atomic mass is 9.64. The van der Waals surface area contributed by atoms with Gasteiger partial charge in [0.2, 0.25) is 5.91 Å². The molecule has 1 aliphatic carbocycles. The number of anilines is 1. The number of piperidine rings is 1. The van der Waals surface area contributed by atoms with E-state index in [0.29, 0.717) is 4.83 Å². The number of hydrogen-bond acceptors (Lipinski definition) is 3. The van der Waals surface area contributed by atoms with Crippen molar-refractivity contribution < 1.29 is 9.59 Å². The number of nitrogens with zero attached hydrogens (tertiary/aromatic N) is 1. The molecule has 2 aromatic carbocycles. The Morgan fingerprint density at radius 1 is 1.06 bits per heavy atom. The second-order valence-electron chi connectivity index (χ2n) is 8.83. The fourth-order valence-corrected chi connectivity index (χ4v) is 5.69. The van der Waals surface area contributed by atoms with Gasteiger partial charge in [-0.2, -0.15) is 0 Å². The van der Waals surface area contributed by atoms with Crippen molar-refractivity contribution in [2.24, 2.45) is 11.8 Å². The maximum Gasteiger partial charge on any atom is 0.231 e. The molecule has 5 heteroatoms. The summed E-state index contributed by atoms with van der Waals surface area (Å²) in [5.74, 6) is -0.814. The van der Waals surface area contributed by atoms with Gasteiger partial charge in [0, 0.05) is 36.6 Å². The Kier molecular flexibility index (Phi) is 6.61. The molecule has 5 atom stereocenters. The molecule has 162 valence electrons. The van der Waals surface area contributed by atoms with E-state index >= 15 is 0 Å². The molecule has 1 N–H and O–H groups in total. The second kappa shape index (κ2) is 9.39. The predicted octanol–water partition coefficient (Wildman–Crippen LogP) is 4.80. The van der Waals surface area contributed by atoms with Crippen LogP contribution in [-0.2, 0) is 9.59 Å². The minimum absolute atomic E-state index is 0.103. The monoisotopic (exact) mass is 480 g/mol. The van der Waals surface area contributed by atoms with Crippen molar-refractivity contribution in [1.29, 1.82) is 0 Å². The number of allylic oxidation sites excluding steroid dienone is 1. The van der Waals surface area contributed by atoms with Gasteiger partial charge in [-0.3, -0.25) is 9.59 Å². The lowest BCUT2D eigenvalue weighted by Crippen LogP contribution is -2.57. The Bertz CT molecular complexity index is 955. The lowest BCUT2D eigenvalue weighted by Gasteiger charge is -2.46.